The van der Waals surface area contributed by atoms with Gasteiger partial charge in [-0.25, -0.2) is 0 Å². The van der Waals surface area contributed by atoms with Crippen LogP contribution < -0.4 is 15.9 Å². The van der Waals surface area contributed by atoms with E-state index in [1.165, 1.54) is 27.0 Å². The lowest BCUT2D eigenvalue weighted by Crippen LogP contribution is -2.45. The number of hydrogen-bond acceptors (Lipinski definition) is 0. The van der Waals surface area contributed by atoms with Gasteiger partial charge in [-0.2, -0.15) is 0 Å². The van der Waals surface area contributed by atoms with Crippen molar-refractivity contribution in [2.45, 2.75) is 5.16 Å². The van der Waals surface area contributed by atoms with Crippen LogP contribution in [0.1, 0.15) is 11.1 Å². The molecule has 0 heterocycles. The van der Waals surface area contributed by atoms with Crippen LogP contribution in [-0.4, -0.2) is 0 Å². The van der Waals surface area contributed by atoms with Crippen LogP contribution in [0.25, 0.3) is 0 Å². The van der Waals surface area contributed by atoms with Crippen molar-refractivity contribution in [2.24, 2.45) is 0 Å². The first kappa shape index (κ1) is 22.1. The van der Waals surface area contributed by atoms with Crippen LogP contribution in [-0.2, 0) is 5.16 Å². The van der Waals surface area contributed by atoms with E-state index < -0.39 is 12.4 Å². The van der Waals surface area contributed by atoms with Crippen molar-refractivity contribution in [3.8, 4) is 0 Å². The minimum atomic E-state index is -2.36. The van der Waals surface area contributed by atoms with Crippen molar-refractivity contribution in [3.63, 3.8) is 0 Å². The van der Waals surface area contributed by atoms with E-state index in [1.54, 1.807) is 0 Å². The predicted molar refractivity (Wildman–Crippen MR) is 149 cm³/mol. The first-order chi connectivity index (χ1) is 16.8. The monoisotopic (exact) mass is 455 g/mol. The molecule has 0 N–H and O–H groups in total. The molecule has 0 spiro atoms. The van der Waals surface area contributed by atoms with Crippen molar-refractivity contribution < 1.29 is 0 Å². The van der Waals surface area contributed by atoms with Crippen LogP contribution in [0, 0.1) is 0 Å². The van der Waals surface area contributed by atoms with Gasteiger partial charge >= 0.3 is 0 Å². The van der Waals surface area contributed by atoms with Crippen molar-refractivity contribution in [2.75, 3.05) is 0 Å². The van der Waals surface area contributed by atoms with Gasteiger partial charge in [-0.05, 0) is 42.5 Å². The molecule has 0 aromatic heterocycles. The number of benzene rings is 5. The van der Waals surface area contributed by atoms with Gasteiger partial charge in [0.2, 0.25) is 0 Å². The van der Waals surface area contributed by atoms with Gasteiger partial charge in [0.1, 0.15) is 23.2 Å². The molecule has 1 heteroatoms. The van der Waals surface area contributed by atoms with E-state index >= 15 is 0 Å². The van der Waals surface area contributed by atoms with Crippen molar-refractivity contribution in [1.82, 2.24) is 0 Å². The molecular weight excluding hydrogens is 427 g/mol. The summed E-state index contributed by atoms with van der Waals surface area (Å²) in [5.74, 6) is 0. The average molecular weight is 456 g/mol. The van der Waals surface area contributed by atoms with E-state index in [4.69, 9.17) is 0 Å². The van der Waals surface area contributed by atoms with Crippen LogP contribution in [0.5, 0.6) is 0 Å². The fourth-order valence-electron chi connectivity index (χ4n) is 5.32. The molecule has 0 bridgehead atoms. The molecule has 164 valence electrons. The quantitative estimate of drug-likeness (QED) is 0.181. The summed E-state index contributed by atoms with van der Waals surface area (Å²) in [4.78, 5) is 0. The third kappa shape index (κ3) is 3.43. The molecule has 0 radical (unpaired) electrons. The zero-order valence-corrected chi connectivity index (χ0v) is 20.1. The Bertz CT molecular complexity index is 1190. The molecule has 34 heavy (non-hydrogen) atoms. The minimum absolute atomic E-state index is 0.473. The minimum Gasteiger partial charge on any atom is -0.0982 e. The SMILES string of the molecule is C=CC(c1ccccc1)(c1ccccc1)[P+](c1ccccc1)(c1ccccc1)c1ccccc1. The lowest BCUT2D eigenvalue weighted by Gasteiger charge is -2.44. The van der Waals surface area contributed by atoms with Crippen LogP contribution >= 0.6 is 7.26 Å². The topological polar surface area (TPSA) is 0 Å². The Balaban J connectivity index is 2.05. The summed E-state index contributed by atoms with van der Waals surface area (Å²) in [6, 6.07) is 55.0. The summed E-state index contributed by atoms with van der Waals surface area (Å²) in [6.45, 7) is 4.56. The highest BCUT2D eigenvalue weighted by molar-refractivity contribution is 7.96. The van der Waals surface area contributed by atoms with Crippen LogP contribution in [0.3, 0.4) is 0 Å². The second-order valence-electron chi connectivity index (χ2n) is 8.38. The molecule has 0 saturated carbocycles. The van der Waals surface area contributed by atoms with Crippen molar-refractivity contribution in [3.05, 3.63) is 175 Å². The summed E-state index contributed by atoms with van der Waals surface area (Å²) in [6.07, 6.45) is 2.21. The number of rotatable bonds is 7. The molecule has 5 rings (SSSR count). The van der Waals surface area contributed by atoms with Gasteiger partial charge in [0.05, 0.1) is 0 Å². The maximum absolute atomic E-state index is 4.56. The first-order valence-electron chi connectivity index (χ1n) is 11.6. The van der Waals surface area contributed by atoms with Gasteiger partial charge in [-0.3, -0.25) is 0 Å². The third-order valence-electron chi connectivity index (χ3n) is 6.68. The summed E-state index contributed by atoms with van der Waals surface area (Å²) >= 11 is 0. The first-order valence-corrected chi connectivity index (χ1v) is 13.4. The summed E-state index contributed by atoms with van der Waals surface area (Å²) < 4.78 is 0. The largest absolute Gasteiger partial charge is 0.161 e. The zero-order chi connectivity index (χ0) is 23.3. The second-order valence-corrected chi connectivity index (χ2v) is 12.0. The van der Waals surface area contributed by atoms with Gasteiger partial charge in [0.15, 0.2) is 5.16 Å². The summed E-state index contributed by atoms with van der Waals surface area (Å²) in [7, 11) is -2.36. The van der Waals surface area contributed by atoms with Crippen LogP contribution in [0.4, 0.5) is 0 Å². The van der Waals surface area contributed by atoms with Crippen LogP contribution in [0.15, 0.2) is 164 Å². The molecule has 0 aliphatic rings. The molecular formula is C33H28P+. The maximum atomic E-state index is 4.56. The van der Waals surface area contributed by atoms with Gasteiger partial charge in [0, 0.05) is 11.1 Å². The normalized spacial score (nSPS) is 11.6. The highest BCUT2D eigenvalue weighted by Gasteiger charge is 2.63. The Morgan fingerprint density at radius 1 is 0.412 bits per heavy atom. The Hall–Kier alpha value is -3.73. The Kier molecular flexibility index (Phi) is 6.26. The second kappa shape index (κ2) is 9.64. The number of hydrogen-bond donors (Lipinski definition) is 0. The molecule has 0 aliphatic carbocycles. The predicted octanol–water partition coefficient (Wildman–Crippen LogP) is 7.11. The lowest BCUT2D eigenvalue weighted by molar-refractivity contribution is 0.923. The van der Waals surface area contributed by atoms with Crippen molar-refractivity contribution >= 4 is 23.2 Å². The van der Waals surface area contributed by atoms with Gasteiger partial charge < -0.3 is 0 Å². The average Bonchev–Trinajstić information content (AvgIpc) is 2.94. The van der Waals surface area contributed by atoms with Gasteiger partial charge in [-0.1, -0.05) is 122 Å². The van der Waals surface area contributed by atoms with Crippen molar-refractivity contribution in [1.29, 1.82) is 0 Å². The highest BCUT2D eigenvalue weighted by atomic mass is 31.2. The molecule has 5 aromatic carbocycles. The molecule has 0 nitrogen and oxygen atoms in total. The Morgan fingerprint density at radius 3 is 0.941 bits per heavy atom. The van der Waals surface area contributed by atoms with E-state index in [0.717, 1.165) is 0 Å². The third-order valence-corrected chi connectivity index (χ3v) is 11.7. The molecule has 0 amide bonds. The highest BCUT2D eigenvalue weighted by Crippen LogP contribution is 2.73. The van der Waals surface area contributed by atoms with Gasteiger partial charge in [-0.15, -0.1) is 0 Å². The smallest absolute Gasteiger partial charge is 0.0982 e. The fourth-order valence-corrected chi connectivity index (χ4v) is 10.6. The standard InChI is InChI=1S/C33H28P/c1-2-33(28-18-8-3-9-19-28,29-20-10-4-11-21-29)34(30-22-12-5-13-23-30,31-24-14-6-15-25-31)32-26-16-7-17-27-32/h2-27H,1H2/q+1. The van der Waals surface area contributed by atoms with E-state index in [9.17, 15) is 0 Å². The maximum Gasteiger partial charge on any atom is 0.161 e. The fraction of sp³-hybridized carbons (Fsp3) is 0.0303. The van der Waals surface area contributed by atoms with E-state index in [0.29, 0.717) is 0 Å². The summed E-state index contributed by atoms with van der Waals surface area (Å²) in [5.41, 5.74) is 2.50. The lowest BCUT2D eigenvalue weighted by atomic mass is 9.90. The van der Waals surface area contributed by atoms with Gasteiger partial charge in [0.25, 0.3) is 0 Å². The van der Waals surface area contributed by atoms with E-state index in [1.807, 2.05) is 0 Å². The Labute approximate surface area is 203 Å². The van der Waals surface area contributed by atoms with Crippen LogP contribution in [0.2, 0.25) is 0 Å². The number of allylic oxidation sites excluding steroid dienone is 1. The summed E-state index contributed by atoms with van der Waals surface area (Å²) in [5, 5.41) is 3.53. The molecule has 5 aromatic rings. The molecule has 0 fully saturated rings. The molecule has 0 unspecified atom stereocenters. The van der Waals surface area contributed by atoms with E-state index in [-0.39, 0.29) is 0 Å². The Morgan fingerprint density at radius 2 is 0.676 bits per heavy atom. The molecule has 0 saturated heterocycles. The molecule has 0 atom stereocenters. The molecule has 0 aliphatic heterocycles. The zero-order valence-electron chi connectivity index (χ0n) is 19.2. The van der Waals surface area contributed by atoms with E-state index in [2.05, 4.69) is 164 Å².